The molecule has 0 aromatic heterocycles. The van der Waals surface area contributed by atoms with Crippen LogP contribution in [0.15, 0.2) is 18.2 Å². The number of hydrogen-bond donors (Lipinski definition) is 1. The lowest BCUT2D eigenvalue weighted by Gasteiger charge is -2.18. The molecule has 0 saturated heterocycles. The van der Waals surface area contributed by atoms with Gasteiger partial charge in [-0.15, -0.1) is 0 Å². The van der Waals surface area contributed by atoms with E-state index in [1.807, 2.05) is 13.8 Å². The van der Waals surface area contributed by atoms with Crippen LogP contribution in [0.1, 0.15) is 37.8 Å². The lowest BCUT2D eigenvalue weighted by atomic mass is 9.93. The zero-order valence-electron chi connectivity index (χ0n) is 11.5. The number of hydrogen-bond acceptors (Lipinski definition) is 2. The number of ketones is 1. The van der Waals surface area contributed by atoms with Gasteiger partial charge >= 0.3 is 6.18 Å². The van der Waals surface area contributed by atoms with Crippen LogP contribution in [-0.4, -0.2) is 18.4 Å². The standard InChI is InChI=1S/C14H17F4NO/c1-8(2)19-7-11(9(3)20)10-4-5-13(15)12(6-10)14(16,17)18/h4-6,8,11,19H,7H2,1-3H3/t11-/m0/s1. The summed E-state index contributed by atoms with van der Waals surface area (Å²) in [4.78, 5) is 11.6. The highest BCUT2D eigenvalue weighted by molar-refractivity contribution is 5.83. The summed E-state index contributed by atoms with van der Waals surface area (Å²) in [6.45, 7) is 5.26. The van der Waals surface area contributed by atoms with Crippen molar-refractivity contribution in [1.29, 1.82) is 0 Å². The molecule has 0 saturated carbocycles. The maximum absolute atomic E-state index is 13.2. The van der Waals surface area contributed by atoms with Crippen LogP contribution in [0.3, 0.4) is 0 Å². The molecule has 1 aromatic carbocycles. The molecule has 0 aliphatic heterocycles. The van der Waals surface area contributed by atoms with Crippen LogP contribution in [0.2, 0.25) is 0 Å². The van der Waals surface area contributed by atoms with Gasteiger partial charge in [-0.3, -0.25) is 4.79 Å². The number of carbonyl (C=O) groups excluding carboxylic acids is 1. The molecule has 20 heavy (non-hydrogen) atoms. The Labute approximate surface area is 115 Å². The fraction of sp³-hybridized carbons (Fsp3) is 0.500. The van der Waals surface area contributed by atoms with E-state index in [2.05, 4.69) is 5.32 Å². The highest BCUT2D eigenvalue weighted by atomic mass is 19.4. The van der Waals surface area contributed by atoms with E-state index in [1.165, 1.54) is 13.0 Å². The molecular weight excluding hydrogens is 274 g/mol. The number of nitrogens with one attached hydrogen (secondary N) is 1. The Bertz CT molecular complexity index is 483. The van der Waals surface area contributed by atoms with Crippen LogP contribution in [0, 0.1) is 5.82 Å². The predicted octanol–water partition coefficient (Wildman–Crippen LogP) is 3.52. The Balaban J connectivity index is 3.12. The Morgan fingerprint density at radius 2 is 1.90 bits per heavy atom. The Morgan fingerprint density at radius 3 is 2.35 bits per heavy atom. The first-order valence-corrected chi connectivity index (χ1v) is 6.23. The maximum atomic E-state index is 13.2. The molecule has 112 valence electrons. The van der Waals surface area contributed by atoms with Gasteiger partial charge in [0.15, 0.2) is 0 Å². The molecule has 1 rings (SSSR count). The average Bonchev–Trinajstić information content (AvgIpc) is 2.28. The van der Waals surface area contributed by atoms with Crippen molar-refractivity contribution in [3.63, 3.8) is 0 Å². The molecule has 0 aliphatic rings. The summed E-state index contributed by atoms with van der Waals surface area (Å²) in [5.41, 5.74) is -1.18. The van der Waals surface area contributed by atoms with Crippen molar-refractivity contribution in [3.05, 3.63) is 35.1 Å². The predicted molar refractivity (Wildman–Crippen MR) is 68.0 cm³/mol. The molecule has 6 heteroatoms. The fourth-order valence-electron chi connectivity index (χ4n) is 1.83. The smallest absolute Gasteiger partial charge is 0.313 e. The van der Waals surface area contributed by atoms with E-state index in [1.54, 1.807) is 0 Å². The molecule has 0 fully saturated rings. The Hall–Kier alpha value is -1.43. The van der Waals surface area contributed by atoms with E-state index in [-0.39, 0.29) is 23.9 Å². The van der Waals surface area contributed by atoms with Gasteiger partial charge in [-0.2, -0.15) is 13.2 Å². The van der Waals surface area contributed by atoms with E-state index in [0.29, 0.717) is 6.07 Å². The largest absolute Gasteiger partial charge is 0.419 e. The quantitative estimate of drug-likeness (QED) is 0.841. The number of halogens is 4. The Kier molecular flexibility index (Phi) is 5.28. The molecule has 0 heterocycles. The first-order valence-electron chi connectivity index (χ1n) is 6.23. The molecule has 1 N–H and O–H groups in total. The lowest BCUT2D eigenvalue weighted by molar-refractivity contribution is -0.140. The third-order valence-corrected chi connectivity index (χ3v) is 2.92. The first kappa shape index (κ1) is 16.6. The van der Waals surface area contributed by atoms with Gasteiger partial charge in [-0.05, 0) is 24.6 Å². The Morgan fingerprint density at radius 1 is 1.30 bits per heavy atom. The van der Waals surface area contributed by atoms with Crippen molar-refractivity contribution in [2.45, 2.75) is 38.9 Å². The van der Waals surface area contributed by atoms with Gasteiger partial charge in [0.25, 0.3) is 0 Å². The van der Waals surface area contributed by atoms with Gasteiger partial charge in [-0.1, -0.05) is 19.9 Å². The second-order valence-corrected chi connectivity index (χ2v) is 4.96. The van der Waals surface area contributed by atoms with Crippen LogP contribution in [0.4, 0.5) is 17.6 Å². The minimum Gasteiger partial charge on any atom is -0.313 e. The van der Waals surface area contributed by atoms with Crippen LogP contribution in [-0.2, 0) is 11.0 Å². The summed E-state index contributed by atoms with van der Waals surface area (Å²) in [5.74, 6) is -2.32. The minimum absolute atomic E-state index is 0.0967. The van der Waals surface area contributed by atoms with Crippen LogP contribution in [0.5, 0.6) is 0 Å². The number of rotatable bonds is 5. The van der Waals surface area contributed by atoms with Crippen LogP contribution in [0.25, 0.3) is 0 Å². The van der Waals surface area contributed by atoms with E-state index in [9.17, 15) is 22.4 Å². The normalized spacial score (nSPS) is 13.6. The van der Waals surface area contributed by atoms with Gasteiger partial charge in [0.1, 0.15) is 11.6 Å². The van der Waals surface area contributed by atoms with Crippen molar-refractivity contribution in [2.75, 3.05) is 6.54 Å². The summed E-state index contributed by atoms with van der Waals surface area (Å²) >= 11 is 0. The second-order valence-electron chi connectivity index (χ2n) is 4.96. The van der Waals surface area contributed by atoms with Crippen molar-refractivity contribution in [1.82, 2.24) is 5.32 Å². The molecular formula is C14H17F4NO. The van der Waals surface area contributed by atoms with Gasteiger partial charge in [0.05, 0.1) is 11.5 Å². The number of alkyl halides is 3. The van der Waals surface area contributed by atoms with Crippen molar-refractivity contribution in [2.24, 2.45) is 0 Å². The molecule has 0 unspecified atom stereocenters. The van der Waals surface area contributed by atoms with E-state index < -0.39 is 23.5 Å². The molecule has 0 aliphatic carbocycles. The van der Waals surface area contributed by atoms with E-state index in [4.69, 9.17) is 0 Å². The van der Waals surface area contributed by atoms with Gasteiger partial charge in [0.2, 0.25) is 0 Å². The molecule has 0 spiro atoms. The minimum atomic E-state index is -4.77. The van der Waals surface area contributed by atoms with Gasteiger partial charge in [-0.25, -0.2) is 4.39 Å². The van der Waals surface area contributed by atoms with Crippen LogP contribution >= 0.6 is 0 Å². The maximum Gasteiger partial charge on any atom is 0.419 e. The summed E-state index contributed by atoms with van der Waals surface area (Å²) in [6, 6.07) is 2.78. The molecule has 0 amide bonds. The van der Waals surface area contributed by atoms with Gasteiger partial charge in [0, 0.05) is 12.6 Å². The van der Waals surface area contributed by atoms with Crippen LogP contribution < -0.4 is 5.32 Å². The molecule has 1 atom stereocenters. The first-order chi connectivity index (χ1) is 9.12. The monoisotopic (exact) mass is 291 g/mol. The second kappa shape index (κ2) is 6.35. The highest BCUT2D eigenvalue weighted by Gasteiger charge is 2.35. The average molecular weight is 291 g/mol. The highest BCUT2D eigenvalue weighted by Crippen LogP contribution is 2.33. The summed E-state index contributed by atoms with van der Waals surface area (Å²) in [5, 5.41) is 3.00. The molecule has 0 bridgehead atoms. The van der Waals surface area contributed by atoms with E-state index in [0.717, 1.165) is 6.07 Å². The third kappa shape index (κ3) is 4.30. The third-order valence-electron chi connectivity index (χ3n) is 2.92. The number of benzene rings is 1. The fourth-order valence-corrected chi connectivity index (χ4v) is 1.83. The van der Waals surface area contributed by atoms with Crippen molar-refractivity contribution < 1.29 is 22.4 Å². The van der Waals surface area contributed by atoms with Crippen molar-refractivity contribution in [3.8, 4) is 0 Å². The zero-order valence-corrected chi connectivity index (χ0v) is 11.5. The summed E-state index contributed by atoms with van der Waals surface area (Å²) < 4.78 is 51.2. The topological polar surface area (TPSA) is 29.1 Å². The molecule has 2 nitrogen and oxygen atoms in total. The van der Waals surface area contributed by atoms with Gasteiger partial charge < -0.3 is 5.32 Å². The SMILES string of the molecule is CC(=O)[C@H](CNC(C)C)c1ccc(F)c(C(F)(F)F)c1. The number of carbonyl (C=O) groups is 1. The number of Topliss-reactive ketones (excluding diaryl/α,β-unsaturated/α-hetero) is 1. The molecule has 0 radical (unpaired) electrons. The lowest BCUT2D eigenvalue weighted by Crippen LogP contribution is -2.31. The summed E-state index contributed by atoms with van der Waals surface area (Å²) in [6.07, 6.45) is -4.77. The summed E-state index contributed by atoms with van der Waals surface area (Å²) in [7, 11) is 0. The zero-order chi connectivity index (χ0) is 15.5. The van der Waals surface area contributed by atoms with Crippen molar-refractivity contribution >= 4 is 5.78 Å². The van der Waals surface area contributed by atoms with E-state index >= 15 is 0 Å². The molecule has 1 aromatic rings.